The number of hydrogen-bond donors (Lipinski definition) is 2. The molecule has 0 aliphatic rings. The Hall–Kier alpha value is -2.37. The minimum atomic E-state index is -1.25. The van der Waals surface area contributed by atoms with Crippen LogP contribution in [0.5, 0.6) is 0 Å². The topological polar surface area (TPSA) is 86.7 Å². The summed E-state index contributed by atoms with van der Waals surface area (Å²) in [4.78, 5) is 36.0. The molecule has 0 aromatic heterocycles. The van der Waals surface area contributed by atoms with E-state index < -0.39 is 17.8 Å². The van der Waals surface area contributed by atoms with E-state index in [9.17, 15) is 14.4 Å². The molecule has 0 heterocycles. The van der Waals surface area contributed by atoms with E-state index in [4.69, 9.17) is 5.11 Å². The summed E-state index contributed by atoms with van der Waals surface area (Å²) in [6, 6.07) is 4.16. The van der Waals surface area contributed by atoms with Gasteiger partial charge in [-0.2, -0.15) is 0 Å². The van der Waals surface area contributed by atoms with Crippen molar-refractivity contribution in [1.82, 2.24) is 10.2 Å². The maximum atomic E-state index is 11.9. The minimum Gasteiger partial charge on any atom is -0.478 e. The fourth-order valence-corrected chi connectivity index (χ4v) is 1.52. The van der Waals surface area contributed by atoms with Crippen LogP contribution in [0.1, 0.15) is 31.1 Å². The summed E-state index contributed by atoms with van der Waals surface area (Å²) in [6.45, 7) is 0. The second-order valence-corrected chi connectivity index (χ2v) is 3.81. The Morgan fingerprint density at radius 1 is 1.17 bits per heavy atom. The summed E-state index contributed by atoms with van der Waals surface area (Å²) < 4.78 is 0. The molecular formula is C12H14N2O4. The van der Waals surface area contributed by atoms with Gasteiger partial charge in [0, 0.05) is 21.1 Å². The van der Waals surface area contributed by atoms with E-state index in [1.807, 2.05) is 0 Å². The molecule has 0 unspecified atom stereocenters. The molecule has 0 fully saturated rings. The van der Waals surface area contributed by atoms with Gasteiger partial charge in [-0.3, -0.25) is 9.59 Å². The second-order valence-electron chi connectivity index (χ2n) is 3.81. The Morgan fingerprint density at radius 2 is 1.72 bits per heavy atom. The number of hydrogen-bond acceptors (Lipinski definition) is 3. The predicted molar refractivity (Wildman–Crippen MR) is 64.8 cm³/mol. The third kappa shape index (κ3) is 2.48. The average molecular weight is 250 g/mol. The molecule has 0 radical (unpaired) electrons. The SMILES string of the molecule is CNC(=O)c1c(C(=O)O)cccc1C(=O)N(C)C. The molecule has 1 rings (SSSR count). The van der Waals surface area contributed by atoms with Crippen molar-refractivity contribution in [3.8, 4) is 0 Å². The van der Waals surface area contributed by atoms with Gasteiger partial charge < -0.3 is 15.3 Å². The monoisotopic (exact) mass is 250 g/mol. The van der Waals surface area contributed by atoms with E-state index in [0.717, 1.165) is 0 Å². The fourth-order valence-electron chi connectivity index (χ4n) is 1.52. The van der Waals surface area contributed by atoms with Crippen LogP contribution in [0, 0.1) is 0 Å². The van der Waals surface area contributed by atoms with Crippen molar-refractivity contribution < 1.29 is 19.5 Å². The lowest BCUT2D eigenvalue weighted by atomic mass is 9.99. The summed E-state index contributed by atoms with van der Waals surface area (Å²) >= 11 is 0. The van der Waals surface area contributed by atoms with Gasteiger partial charge in [-0.1, -0.05) is 6.07 Å². The number of carboxylic acid groups (broad SMARTS) is 1. The number of rotatable bonds is 3. The van der Waals surface area contributed by atoms with E-state index in [-0.39, 0.29) is 16.7 Å². The van der Waals surface area contributed by atoms with E-state index >= 15 is 0 Å². The lowest BCUT2D eigenvalue weighted by Crippen LogP contribution is -2.29. The van der Waals surface area contributed by atoms with E-state index in [2.05, 4.69) is 5.32 Å². The van der Waals surface area contributed by atoms with E-state index in [1.165, 1.54) is 44.2 Å². The maximum Gasteiger partial charge on any atom is 0.336 e. The highest BCUT2D eigenvalue weighted by molar-refractivity contribution is 6.12. The van der Waals surface area contributed by atoms with Crippen molar-refractivity contribution in [2.45, 2.75) is 0 Å². The van der Waals surface area contributed by atoms with E-state index in [1.54, 1.807) is 0 Å². The van der Waals surface area contributed by atoms with Gasteiger partial charge in [-0.05, 0) is 12.1 Å². The fraction of sp³-hybridized carbons (Fsp3) is 0.250. The molecule has 6 nitrogen and oxygen atoms in total. The van der Waals surface area contributed by atoms with Crippen LogP contribution >= 0.6 is 0 Å². The molecule has 0 saturated heterocycles. The van der Waals surface area contributed by atoms with Gasteiger partial charge in [0.05, 0.1) is 16.7 Å². The van der Waals surface area contributed by atoms with Crippen molar-refractivity contribution in [2.75, 3.05) is 21.1 Å². The highest BCUT2D eigenvalue weighted by Crippen LogP contribution is 2.16. The van der Waals surface area contributed by atoms with Gasteiger partial charge in [-0.25, -0.2) is 4.79 Å². The van der Waals surface area contributed by atoms with Crippen molar-refractivity contribution in [3.63, 3.8) is 0 Å². The van der Waals surface area contributed by atoms with Crippen LogP contribution in [0.15, 0.2) is 18.2 Å². The molecule has 0 aliphatic heterocycles. The molecule has 0 atom stereocenters. The summed E-state index contributed by atoms with van der Waals surface area (Å²) in [5, 5.41) is 11.4. The Morgan fingerprint density at radius 3 is 2.17 bits per heavy atom. The number of nitrogens with one attached hydrogen (secondary N) is 1. The molecule has 2 N–H and O–H groups in total. The van der Waals surface area contributed by atoms with Gasteiger partial charge in [0.15, 0.2) is 0 Å². The van der Waals surface area contributed by atoms with Crippen molar-refractivity contribution in [1.29, 1.82) is 0 Å². The highest BCUT2D eigenvalue weighted by Gasteiger charge is 2.23. The van der Waals surface area contributed by atoms with Crippen LogP contribution in [-0.2, 0) is 0 Å². The Bertz CT molecular complexity index is 509. The molecule has 2 amide bonds. The molecule has 0 bridgehead atoms. The number of benzene rings is 1. The smallest absolute Gasteiger partial charge is 0.336 e. The quantitative estimate of drug-likeness (QED) is 0.815. The molecule has 0 aliphatic carbocycles. The van der Waals surface area contributed by atoms with Crippen LogP contribution in [-0.4, -0.2) is 48.9 Å². The number of carbonyl (C=O) groups excluding carboxylic acids is 2. The van der Waals surface area contributed by atoms with Gasteiger partial charge in [0.1, 0.15) is 0 Å². The zero-order valence-electron chi connectivity index (χ0n) is 10.4. The maximum absolute atomic E-state index is 11.9. The second kappa shape index (κ2) is 5.31. The summed E-state index contributed by atoms with van der Waals surface area (Å²) in [6.07, 6.45) is 0. The van der Waals surface area contributed by atoms with Gasteiger partial charge in [0.25, 0.3) is 11.8 Å². The number of amides is 2. The zero-order chi connectivity index (χ0) is 13.9. The third-order valence-corrected chi connectivity index (χ3v) is 2.39. The van der Waals surface area contributed by atoms with Crippen molar-refractivity contribution >= 4 is 17.8 Å². The molecule has 0 spiro atoms. The highest BCUT2D eigenvalue weighted by atomic mass is 16.4. The molecule has 96 valence electrons. The standard InChI is InChI=1S/C12H14N2O4/c1-13-10(15)9-7(11(16)14(2)3)5-4-6-8(9)12(17)18/h4-6H,1-3H3,(H,13,15)(H,17,18). The first kappa shape index (κ1) is 13.7. The molecule has 6 heteroatoms. The predicted octanol–water partition coefficient (Wildman–Crippen LogP) is 0.446. The van der Waals surface area contributed by atoms with Gasteiger partial charge in [-0.15, -0.1) is 0 Å². The third-order valence-electron chi connectivity index (χ3n) is 2.39. The summed E-state index contributed by atoms with van der Waals surface area (Å²) in [5.74, 6) is -2.27. The molecule has 0 saturated carbocycles. The molecular weight excluding hydrogens is 236 g/mol. The van der Waals surface area contributed by atoms with Crippen LogP contribution < -0.4 is 5.32 Å². The van der Waals surface area contributed by atoms with E-state index in [0.29, 0.717) is 0 Å². The molecule has 1 aromatic carbocycles. The Kier molecular flexibility index (Phi) is 4.04. The van der Waals surface area contributed by atoms with Gasteiger partial charge >= 0.3 is 5.97 Å². The first-order chi connectivity index (χ1) is 8.40. The molecule has 1 aromatic rings. The summed E-state index contributed by atoms with van der Waals surface area (Å²) in [5.41, 5.74) is -0.243. The van der Waals surface area contributed by atoms with Crippen LogP contribution in [0.25, 0.3) is 0 Å². The lowest BCUT2D eigenvalue weighted by Gasteiger charge is -2.14. The Labute approximate surface area is 104 Å². The van der Waals surface area contributed by atoms with Crippen molar-refractivity contribution in [2.24, 2.45) is 0 Å². The zero-order valence-corrected chi connectivity index (χ0v) is 10.4. The Balaban J connectivity index is 3.52. The van der Waals surface area contributed by atoms with Crippen molar-refractivity contribution in [3.05, 3.63) is 34.9 Å². The van der Waals surface area contributed by atoms with Crippen LogP contribution in [0.2, 0.25) is 0 Å². The molecule has 18 heavy (non-hydrogen) atoms. The summed E-state index contributed by atoms with van der Waals surface area (Å²) in [7, 11) is 4.44. The van der Waals surface area contributed by atoms with Crippen LogP contribution in [0.4, 0.5) is 0 Å². The van der Waals surface area contributed by atoms with Gasteiger partial charge in [0.2, 0.25) is 0 Å². The normalized spacial score (nSPS) is 9.72. The van der Waals surface area contributed by atoms with Crippen LogP contribution in [0.3, 0.4) is 0 Å². The number of carbonyl (C=O) groups is 3. The first-order valence-electron chi connectivity index (χ1n) is 5.20. The largest absolute Gasteiger partial charge is 0.478 e. The number of nitrogens with zero attached hydrogens (tertiary/aromatic N) is 1. The minimum absolute atomic E-state index is 0.0688. The number of carboxylic acids is 1. The average Bonchev–Trinajstić information content (AvgIpc) is 2.35. The number of aromatic carboxylic acids is 1. The lowest BCUT2D eigenvalue weighted by molar-refractivity contribution is 0.0691. The first-order valence-corrected chi connectivity index (χ1v) is 5.20.